The molecule has 0 aromatic heterocycles. The van der Waals surface area contributed by atoms with Gasteiger partial charge in [-0.1, -0.05) is 30.2 Å². The van der Waals surface area contributed by atoms with E-state index in [9.17, 15) is 9.59 Å². The Morgan fingerprint density at radius 1 is 1.10 bits per heavy atom. The third-order valence-electron chi connectivity index (χ3n) is 5.12. The number of hydrogen-bond donors (Lipinski definition) is 1. The Morgan fingerprint density at radius 2 is 1.86 bits per heavy atom. The van der Waals surface area contributed by atoms with Gasteiger partial charge in [0, 0.05) is 42.7 Å². The minimum atomic E-state index is -0.122. The molecular formula is C24H26N2O3. The van der Waals surface area contributed by atoms with Crippen LogP contribution in [0.4, 0.5) is 5.69 Å². The van der Waals surface area contributed by atoms with Crippen LogP contribution in [-0.4, -0.2) is 36.9 Å². The predicted octanol–water partition coefficient (Wildman–Crippen LogP) is 3.70. The summed E-state index contributed by atoms with van der Waals surface area (Å²) in [5.74, 6) is 6.71. The van der Waals surface area contributed by atoms with Crippen molar-refractivity contribution in [1.29, 1.82) is 0 Å². The third-order valence-corrected chi connectivity index (χ3v) is 5.12. The van der Waals surface area contributed by atoms with E-state index in [1.54, 1.807) is 13.2 Å². The second-order valence-electron chi connectivity index (χ2n) is 7.17. The fraction of sp³-hybridized carbons (Fsp3) is 0.333. The zero-order chi connectivity index (χ0) is 20.5. The standard InChI is InChI=1S/C24H26N2O3/c1-29-22-9-5-8-21(18-22)25-23(27)12-10-20-14-16-26(17-15-20)24(28)13-11-19-6-3-2-4-7-19/h2-9,18,20H,10,12,14-17H2,1H3,(H,25,27). The van der Waals surface area contributed by atoms with E-state index in [0.29, 0.717) is 25.4 Å². The van der Waals surface area contributed by atoms with Crippen molar-refractivity contribution in [3.05, 3.63) is 60.2 Å². The molecule has 2 aromatic rings. The van der Waals surface area contributed by atoms with E-state index >= 15 is 0 Å². The monoisotopic (exact) mass is 390 g/mol. The zero-order valence-electron chi connectivity index (χ0n) is 16.7. The van der Waals surface area contributed by atoms with Crippen molar-refractivity contribution in [2.75, 3.05) is 25.5 Å². The number of rotatable bonds is 5. The molecule has 5 heteroatoms. The molecule has 1 aliphatic heterocycles. The van der Waals surface area contributed by atoms with E-state index < -0.39 is 0 Å². The molecule has 2 aromatic carbocycles. The Balaban J connectivity index is 1.40. The van der Waals surface area contributed by atoms with Crippen LogP contribution in [0.25, 0.3) is 0 Å². The minimum Gasteiger partial charge on any atom is -0.497 e. The summed E-state index contributed by atoms with van der Waals surface area (Å²) >= 11 is 0. The van der Waals surface area contributed by atoms with Gasteiger partial charge in [0.05, 0.1) is 7.11 Å². The Labute approximate surface area is 172 Å². The average molecular weight is 390 g/mol. The predicted molar refractivity (Wildman–Crippen MR) is 113 cm³/mol. The largest absolute Gasteiger partial charge is 0.497 e. The van der Waals surface area contributed by atoms with Gasteiger partial charge in [-0.2, -0.15) is 0 Å². The van der Waals surface area contributed by atoms with Gasteiger partial charge in [0.25, 0.3) is 5.91 Å². The highest BCUT2D eigenvalue weighted by molar-refractivity contribution is 5.94. The van der Waals surface area contributed by atoms with Crippen LogP contribution in [0.1, 0.15) is 31.2 Å². The lowest BCUT2D eigenvalue weighted by Crippen LogP contribution is -2.37. The Hall–Kier alpha value is -3.26. The summed E-state index contributed by atoms with van der Waals surface area (Å²) in [7, 11) is 1.60. The molecule has 1 N–H and O–H groups in total. The number of anilines is 1. The van der Waals surface area contributed by atoms with E-state index in [1.807, 2.05) is 53.4 Å². The van der Waals surface area contributed by atoms with Crippen molar-refractivity contribution in [1.82, 2.24) is 4.90 Å². The van der Waals surface area contributed by atoms with Gasteiger partial charge in [0.2, 0.25) is 5.91 Å². The van der Waals surface area contributed by atoms with Crippen LogP contribution in [0.3, 0.4) is 0 Å². The van der Waals surface area contributed by atoms with Gasteiger partial charge in [0.1, 0.15) is 5.75 Å². The maximum Gasteiger partial charge on any atom is 0.298 e. The van der Waals surface area contributed by atoms with Crippen molar-refractivity contribution in [3.63, 3.8) is 0 Å². The number of piperidine rings is 1. The Morgan fingerprint density at radius 3 is 2.59 bits per heavy atom. The summed E-state index contributed by atoms with van der Waals surface area (Å²) in [4.78, 5) is 26.3. The molecule has 1 fully saturated rings. The van der Waals surface area contributed by atoms with Gasteiger partial charge in [-0.3, -0.25) is 9.59 Å². The van der Waals surface area contributed by atoms with Crippen LogP contribution >= 0.6 is 0 Å². The highest BCUT2D eigenvalue weighted by atomic mass is 16.5. The summed E-state index contributed by atoms with van der Waals surface area (Å²) in [5, 5.41) is 2.91. The second-order valence-corrected chi connectivity index (χ2v) is 7.17. The molecular weight excluding hydrogens is 364 g/mol. The first-order valence-electron chi connectivity index (χ1n) is 9.94. The van der Waals surface area contributed by atoms with Gasteiger partial charge in [-0.15, -0.1) is 0 Å². The van der Waals surface area contributed by atoms with Gasteiger partial charge < -0.3 is 15.0 Å². The molecule has 1 saturated heterocycles. The smallest absolute Gasteiger partial charge is 0.298 e. The number of methoxy groups -OCH3 is 1. The van der Waals surface area contributed by atoms with E-state index in [2.05, 4.69) is 17.2 Å². The van der Waals surface area contributed by atoms with Gasteiger partial charge >= 0.3 is 0 Å². The normalized spacial score (nSPS) is 13.9. The zero-order valence-corrected chi connectivity index (χ0v) is 16.7. The summed E-state index contributed by atoms with van der Waals surface area (Å²) in [6, 6.07) is 16.9. The Kier molecular flexibility index (Phi) is 7.29. The van der Waals surface area contributed by atoms with E-state index in [-0.39, 0.29) is 11.8 Å². The quantitative estimate of drug-likeness (QED) is 0.792. The van der Waals surface area contributed by atoms with Crippen molar-refractivity contribution < 1.29 is 14.3 Å². The number of carbonyl (C=O) groups is 2. The molecule has 0 saturated carbocycles. The number of ether oxygens (including phenoxy) is 1. The van der Waals surface area contributed by atoms with Crippen LogP contribution in [-0.2, 0) is 9.59 Å². The molecule has 0 spiro atoms. The lowest BCUT2D eigenvalue weighted by Gasteiger charge is -2.30. The van der Waals surface area contributed by atoms with Crippen LogP contribution in [0, 0.1) is 17.8 Å². The molecule has 5 nitrogen and oxygen atoms in total. The summed E-state index contributed by atoms with van der Waals surface area (Å²) in [5.41, 5.74) is 1.59. The first-order valence-corrected chi connectivity index (χ1v) is 9.94. The highest BCUT2D eigenvalue weighted by Gasteiger charge is 2.22. The van der Waals surface area contributed by atoms with Crippen LogP contribution < -0.4 is 10.1 Å². The SMILES string of the molecule is COc1cccc(NC(=O)CCC2CCN(C(=O)C#Cc3ccccc3)CC2)c1. The molecule has 0 atom stereocenters. The van der Waals surface area contributed by atoms with Gasteiger partial charge in [-0.05, 0) is 49.4 Å². The van der Waals surface area contributed by atoms with E-state index in [4.69, 9.17) is 4.74 Å². The molecule has 0 unspecified atom stereocenters. The van der Waals surface area contributed by atoms with Crippen molar-refractivity contribution >= 4 is 17.5 Å². The lowest BCUT2D eigenvalue weighted by atomic mass is 9.92. The summed E-state index contributed by atoms with van der Waals surface area (Å²) in [6.45, 7) is 1.40. The van der Waals surface area contributed by atoms with Crippen molar-refractivity contribution in [3.8, 4) is 17.6 Å². The molecule has 0 aliphatic carbocycles. The van der Waals surface area contributed by atoms with E-state index in [1.165, 1.54) is 0 Å². The number of nitrogens with zero attached hydrogens (tertiary/aromatic N) is 1. The fourth-order valence-corrected chi connectivity index (χ4v) is 3.41. The third kappa shape index (κ3) is 6.39. The molecule has 1 aliphatic rings. The fourth-order valence-electron chi connectivity index (χ4n) is 3.41. The Bertz CT molecular complexity index is 891. The number of amides is 2. The number of benzene rings is 2. The van der Waals surface area contributed by atoms with Crippen molar-refractivity contribution in [2.45, 2.75) is 25.7 Å². The molecule has 3 rings (SSSR count). The second kappa shape index (κ2) is 10.3. The minimum absolute atomic E-state index is 0.00508. The number of likely N-dealkylation sites (tertiary alicyclic amines) is 1. The number of nitrogens with one attached hydrogen (secondary N) is 1. The number of hydrogen-bond acceptors (Lipinski definition) is 3. The lowest BCUT2D eigenvalue weighted by molar-refractivity contribution is -0.126. The molecule has 150 valence electrons. The molecule has 29 heavy (non-hydrogen) atoms. The maximum atomic E-state index is 12.3. The summed E-state index contributed by atoms with van der Waals surface area (Å²) in [6.07, 6.45) is 3.12. The average Bonchev–Trinajstić information content (AvgIpc) is 2.77. The molecule has 0 bridgehead atoms. The molecule has 1 heterocycles. The van der Waals surface area contributed by atoms with Crippen molar-refractivity contribution in [2.24, 2.45) is 5.92 Å². The molecule has 0 radical (unpaired) electrons. The highest BCUT2D eigenvalue weighted by Crippen LogP contribution is 2.23. The van der Waals surface area contributed by atoms with Crippen LogP contribution in [0.15, 0.2) is 54.6 Å². The van der Waals surface area contributed by atoms with Crippen LogP contribution in [0.5, 0.6) is 5.75 Å². The van der Waals surface area contributed by atoms with Gasteiger partial charge in [0.15, 0.2) is 0 Å². The number of carbonyl (C=O) groups excluding carboxylic acids is 2. The summed E-state index contributed by atoms with van der Waals surface area (Å²) < 4.78 is 5.17. The molecule has 2 amide bonds. The first kappa shape index (κ1) is 20.5. The topological polar surface area (TPSA) is 58.6 Å². The maximum absolute atomic E-state index is 12.3. The van der Waals surface area contributed by atoms with Crippen LogP contribution in [0.2, 0.25) is 0 Å². The van der Waals surface area contributed by atoms with Gasteiger partial charge in [-0.25, -0.2) is 0 Å². The van der Waals surface area contributed by atoms with E-state index in [0.717, 1.165) is 36.3 Å². The first-order chi connectivity index (χ1) is 14.1.